The van der Waals surface area contributed by atoms with Crippen LogP contribution in [0.5, 0.6) is 0 Å². The Morgan fingerprint density at radius 1 is 0.667 bits per heavy atom. The van der Waals surface area contributed by atoms with E-state index in [2.05, 4.69) is 92.0 Å². The average Bonchev–Trinajstić information content (AvgIpc) is 2.63. The highest BCUT2D eigenvalue weighted by Gasteiger charge is 2.29. The SMILES string of the molecule is C[Si](c1ccccc1)P(c1cccc(Cl)c1)[Si](C)c1ccccc1. The van der Waals surface area contributed by atoms with Crippen molar-refractivity contribution in [1.29, 1.82) is 0 Å². The van der Waals surface area contributed by atoms with E-state index in [1.807, 2.05) is 6.07 Å². The zero-order chi connectivity index (χ0) is 16.9. The van der Waals surface area contributed by atoms with Gasteiger partial charge < -0.3 is 0 Å². The van der Waals surface area contributed by atoms with Crippen LogP contribution in [0.1, 0.15) is 0 Å². The van der Waals surface area contributed by atoms with Crippen molar-refractivity contribution in [1.82, 2.24) is 0 Å². The highest BCUT2D eigenvalue weighted by molar-refractivity contribution is 8.19. The van der Waals surface area contributed by atoms with Crippen molar-refractivity contribution in [3.63, 3.8) is 0 Å². The number of benzene rings is 3. The molecule has 0 atom stereocenters. The van der Waals surface area contributed by atoms with E-state index in [4.69, 9.17) is 11.6 Å². The van der Waals surface area contributed by atoms with Crippen LogP contribution in [-0.2, 0) is 0 Å². The molecule has 3 aromatic carbocycles. The lowest BCUT2D eigenvalue weighted by Crippen LogP contribution is -2.39. The quantitative estimate of drug-likeness (QED) is 0.450. The molecule has 0 aliphatic heterocycles. The van der Waals surface area contributed by atoms with Crippen LogP contribution in [0, 0.1) is 0 Å². The summed E-state index contributed by atoms with van der Waals surface area (Å²) in [6.07, 6.45) is 0. The van der Waals surface area contributed by atoms with Crippen LogP contribution in [0.4, 0.5) is 0 Å². The van der Waals surface area contributed by atoms with Gasteiger partial charge in [0.05, 0.1) is 0 Å². The van der Waals surface area contributed by atoms with Crippen molar-refractivity contribution in [2.24, 2.45) is 0 Å². The van der Waals surface area contributed by atoms with Gasteiger partial charge in [-0.2, -0.15) is 0 Å². The fourth-order valence-electron chi connectivity index (χ4n) is 2.87. The lowest BCUT2D eigenvalue weighted by Gasteiger charge is -2.29. The molecular formula is C20H20ClPSi2. The third-order valence-corrected chi connectivity index (χ3v) is 22.0. The van der Waals surface area contributed by atoms with Crippen molar-refractivity contribution in [3.05, 3.63) is 90.0 Å². The summed E-state index contributed by atoms with van der Waals surface area (Å²) < 4.78 is 0. The number of halogens is 1. The molecular weight excluding hydrogens is 363 g/mol. The van der Waals surface area contributed by atoms with Gasteiger partial charge in [-0.25, -0.2) is 0 Å². The Kier molecular flexibility index (Phi) is 6.07. The molecule has 0 aliphatic carbocycles. The fraction of sp³-hybridized carbons (Fsp3) is 0.100. The second-order valence-corrected chi connectivity index (χ2v) is 18.9. The van der Waals surface area contributed by atoms with E-state index in [0.717, 1.165) is 5.02 Å². The second-order valence-electron chi connectivity index (χ2n) is 5.72. The molecule has 0 unspecified atom stereocenters. The lowest BCUT2D eigenvalue weighted by atomic mass is 10.4. The van der Waals surface area contributed by atoms with Gasteiger partial charge in [0, 0.05) is 5.02 Å². The van der Waals surface area contributed by atoms with E-state index < -0.39 is 16.9 Å². The van der Waals surface area contributed by atoms with Gasteiger partial charge in [0.25, 0.3) is 0 Å². The van der Waals surface area contributed by atoms with Crippen LogP contribution in [0.3, 0.4) is 0 Å². The highest BCUT2D eigenvalue weighted by Crippen LogP contribution is 2.41. The first-order valence-electron chi connectivity index (χ1n) is 8.00. The van der Waals surface area contributed by atoms with E-state index >= 15 is 0 Å². The minimum absolute atomic E-state index is 0.228. The van der Waals surface area contributed by atoms with Crippen LogP contribution in [0.25, 0.3) is 0 Å². The highest BCUT2D eigenvalue weighted by atomic mass is 35.5. The Bertz CT molecular complexity index is 734. The van der Waals surface area contributed by atoms with E-state index in [9.17, 15) is 0 Å². The number of hydrogen-bond donors (Lipinski definition) is 0. The maximum Gasteiger partial charge on any atom is 0.113 e. The maximum atomic E-state index is 6.32. The normalized spacial score (nSPS) is 11.4. The zero-order valence-electron chi connectivity index (χ0n) is 13.9. The zero-order valence-corrected chi connectivity index (χ0v) is 17.6. The summed E-state index contributed by atoms with van der Waals surface area (Å²) in [4.78, 5) is 0. The number of hydrogen-bond acceptors (Lipinski definition) is 0. The molecule has 0 saturated carbocycles. The molecule has 0 aromatic heterocycles. The van der Waals surface area contributed by atoms with Crippen molar-refractivity contribution < 1.29 is 0 Å². The summed E-state index contributed by atoms with van der Waals surface area (Å²) >= 11 is 6.32. The molecule has 2 radical (unpaired) electrons. The van der Waals surface area contributed by atoms with E-state index in [1.165, 1.54) is 15.7 Å². The molecule has 0 nitrogen and oxygen atoms in total. The van der Waals surface area contributed by atoms with Crippen LogP contribution in [0.15, 0.2) is 84.9 Å². The van der Waals surface area contributed by atoms with Gasteiger partial charge in [0.1, 0.15) is 16.9 Å². The molecule has 0 saturated heterocycles. The van der Waals surface area contributed by atoms with Gasteiger partial charge in [0.2, 0.25) is 0 Å². The van der Waals surface area contributed by atoms with Gasteiger partial charge >= 0.3 is 0 Å². The van der Waals surface area contributed by atoms with Crippen LogP contribution in [-0.4, -0.2) is 16.9 Å². The van der Waals surface area contributed by atoms with Crippen molar-refractivity contribution in [3.8, 4) is 0 Å². The van der Waals surface area contributed by atoms with E-state index in [1.54, 1.807) is 0 Å². The minimum Gasteiger partial charge on any atom is -0.0922 e. The van der Waals surface area contributed by atoms with Gasteiger partial charge in [0.15, 0.2) is 0 Å². The minimum atomic E-state index is -0.669. The van der Waals surface area contributed by atoms with Crippen molar-refractivity contribution >= 4 is 51.2 Å². The second kappa shape index (κ2) is 8.27. The first kappa shape index (κ1) is 17.6. The van der Waals surface area contributed by atoms with E-state index in [0.29, 0.717) is 0 Å². The summed E-state index contributed by atoms with van der Waals surface area (Å²) in [5.41, 5.74) is 0. The summed E-state index contributed by atoms with van der Waals surface area (Å²) in [7, 11) is -1.57. The summed E-state index contributed by atoms with van der Waals surface area (Å²) in [5.74, 6) is 0. The van der Waals surface area contributed by atoms with E-state index in [-0.39, 0.29) is 7.02 Å². The Hall–Kier alpha value is -1.19. The Morgan fingerprint density at radius 2 is 1.17 bits per heavy atom. The number of rotatable bonds is 5. The first-order chi connectivity index (χ1) is 11.7. The van der Waals surface area contributed by atoms with Crippen LogP contribution < -0.4 is 15.7 Å². The summed E-state index contributed by atoms with van der Waals surface area (Å²) in [5, 5.41) is 5.35. The summed E-state index contributed by atoms with van der Waals surface area (Å²) in [6, 6.07) is 30.6. The molecule has 120 valence electrons. The monoisotopic (exact) mass is 382 g/mol. The van der Waals surface area contributed by atoms with Crippen LogP contribution in [0.2, 0.25) is 18.1 Å². The Balaban J connectivity index is 2.04. The molecule has 3 aromatic rings. The van der Waals surface area contributed by atoms with Crippen molar-refractivity contribution in [2.45, 2.75) is 13.1 Å². The molecule has 24 heavy (non-hydrogen) atoms. The maximum absolute atomic E-state index is 6.32. The Morgan fingerprint density at radius 3 is 1.62 bits per heavy atom. The largest absolute Gasteiger partial charge is 0.113 e. The van der Waals surface area contributed by atoms with Crippen LogP contribution >= 0.6 is 18.6 Å². The third-order valence-electron chi connectivity index (χ3n) is 4.12. The molecule has 0 spiro atoms. The third kappa shape index (κ3) is 4.07. The smallest absolute Gasteiger partial charge is 0.0922 e. The fourth-order valence-corrected chi connectivity index (χ4v) is 20.7. The molecule has 0 N–H and O–H groups in total. The molecule has 0 bridgehead atoms. The summed E-state index contributed by atoms with van der Waals surface area (Å²) in [6.45, 7) is 4.95. The first-order valence-corrected chi connectivity index (χ1v) is 15.4. The van der Waals surface area contributed by atoms with Gasteiger partial charge in [-0.05, 0) is 17.4 Å². The molecule has 0 aliphatic rings. The lowest BCUT2D eigenvalue weighted by molar-refractivity contribution is 1.75. The average molecular weight is 383 g/mol. The predicted molar refractivity (Wildman–Crippen MR) is 113 cm³/mol. The molecule has 4 heteroatoms. The molecule has 0 heterocycles. The predicted octanol–water partition coefficient (Wildman–Crippen LogP) is 4.50. The molecule has 3 rings (SSSR count). The standard InChI is InChI=1S/C20H20ClPSi2/c1-23(19-12-5-3-6-13-19)22(18-11-9-10-17(21)16-18)24(2)20-14-7-4-8-15-20/h3-16H,1-2H3. The molecule has 0 fully saturated rings. The van der Waals surface area contributed by atoms with Crippen molar-refractivity contribution in [2.75, 3.05) is 0 Å². The van der Waals surface area contributed by atoms with Gasteiger partial charge in [-0.1, -0.05) is 115 Å². The van der Waals surface area contributed by atoms with Gasteiger partial charge in [-0.3, -0.25) is 0 Å². The molecule has 0 amide bonds. The Labute approximate surface area is 154 Å². The van der Waals surface area contributed by atoms with Gasteiger partial charge in [-0.15, -0.1) is 0 Å². The topological polar surface area (TPSA) is 0 Å².